The van der Waals surface area contributed by atoms with Crippen molar-refractivity contribution in [2.45, 2.75) is 61.8 Å². The molecule has 0 bridgehead atoms. The molecule has 0 aromatic rings. The van der Waals surface area contributed by atoms with Crippen molar-refractivity contribution in [3.8, 4) is 0 Å². The molecule has 0 spiro atoms. The van der Waals surface area contributed by atoms with Crippen LogP contribution in [-0.4, -0.2) is 0 Å². The Labute approximate surface area is 98.8 Å². The lowest BCUT2D eigenvalue weighted by molar-refractivity contribution is 1.05. The van der Waals surface area contributed by atoms with Gasteiger partial charge in [-0.05, 0) is 24.0 Å². The number of hydrogen-bond acceptors (Lipinski definition) is 0. The number of allylic oxidation sites excluding steroid dienone is 4. The molecule has 0 aliphatic carbocycles. The van der Waals surface area contributed by atoms with E-state index in [1.165, 1.54) is 11.1 Å². The van der Waals surface area contributed by atoms with Gasteiger partial charge in [-0.3, -0.25) is 0 Å². The third-order valence-electron chi connectivity index (χ3n) is 1.67. The summed E-state index contributed by atoms with van der Waals surface area (Å²) in [6.07, 6.45) is 5.94. The van der Waals surface area contributed by atoms with Gasteiger partial charge in [-0.25, -0.2) is 0 Å². The first-order valence-corrected chi connectivity index (χ1v) is 5.77. The van der Waals surface area contributed by atoms with Gasteiger partial charge in [0.05, 0.1) is 0 Å². The lowest BCUT2D eigenvalue weighted by atomic mass is 10.0. The third-order valence-corrected chi connectivity index (χ3v) is 1.67. The lowest BCUT2D eigenvalue weighted by Gasteiger charge is -2.02. The molecule has 0 fully saturated rings. The highest BCUT2D eigenvalue weighted by Crippen LogP contribution is 2.13. The summed E-state index contributed by atoms with van der Waals surface area (Å²) in [5, 5.41) is 0. The Hall–Kier alpha value is -0.780. The summed E-state index contributed by atoms with van der Waals surface area (Å²) < 4.78 is 0. The number of rotatable bonds is 4. The van der Waals surface area contributed by atoms with E-state index in [1.807, 2.05) is 39.8 Å². The molecule has 0 aromatic heterocycles. The Bertz CT molecular complexity index is 131. The molecule has 0 saturated carbocycles. The first kappa shape index (κ1) is 23.8. The first-order valence-electron chi connectivity index (χ1n) is 5.77. The largest absolute Gasteiger partial charge is 0.0988 e. The predicted molar refractivity (Wildman–Crippen MR) is 77.4 cm³/mol. The topological polar surface area (TPSA) is 0 Å². The van der Waals surface area contributed by atoms with Crippen LogP contribution in [0.1, 0.15) is 61.8 Å². The molecule has 0 aromatic carbocycles. The van der Waals surface area contributed by atoms with Crippen LogP contribution in [0, 0.1) is 0 Å². The van der Waals surface area contributed by atoms with Crippen molar-refractivity contribution >= 4 is 0 Å². The van der Waals surface area contributed by atoms with E-state index in [2.05, 4.69) is 27.0 Å². The zero-order chi connectivity index (χ0) is 12.0. The highest BCUT2D eigenvalue weighted by Gasteiger charge is 1.93. The summed E-state index contributed by atoms with van der Waals surface area (Å²) in [6, 6.07) is 0. The van der Waals surface area contributed by atoms with E-state index in [-0.39, 0.29) is 7.43 Å². The maximum Gasteiger partial charge on any atom is -0.0305 e. The Balaban J connectivity index is -0.000000107. The molecule has 0 heteroatoms. The van der Waals surface area contributed by atoms with Gasteiger partial charge in [0, 0.05) is 0 Å². The van der Waals surface area contributed by atoms with E-state index in [0.717, 1.165) is 12.8 Å². The van der Waals surface area contributed by atoms with E-state index >= 15 is 0 Å². The molecule has 0 rings (SSSR count). The molecule has 0 aliphatic heterocycles. The van der Waals surface area contributed by atoms with Gasteiger partial charge in [-0.2, -0.15) is 0 Å². The fourth-order valence-corrected chi connectivity index (χ4v) is 1.00. The van der Waals surface area contributed by atoms with Gasteiger partial charge >= 0.3 is 0 Å². The summed E-state index contributed by atoms with van der Waals surface area (Å²) in [5.74, 6) is 0. The van der Waals surface area contributed by atoms with E-state index in [1.54, 1.807) is 0 Å². The Morgan fingerprint density at radius 1 is 0.800 bits per heavy atom. The van der Waals surface area contributed by atoms with E-state index in [0.29, 0.717) is 0 Å². The predicted octanol–water partition coefficient (Wildman–Crippen LogP) is 6.16. The molecule has 15 heavy (non-hydrogen) atoms. The SMILES string of the molecule is C.C=C/C(CC)=C(\C=C)CC.CC.CC. The molecule has 0 N–H and O–H groups in total. The van der Waals surface area contributed by atoms with Crippen molar-refractivity contribution in [3.63, 3.8) is 0 Å². The van der Waals surface area contributed by atoms with E-state index in [4.69, 9.17) is 0 Å². The summed E-state index contributed by atoms with van der Waals surface area (Å²) in [6.45, 7) is 19.8. The molecule has 0 unspecified atom stereocenters. The minimum atomic E-state index is 0. The summed E-state index contributed by atoms with van der Waals surface area (Å²) in [7, 11) is 0. The maximum absolute atomic E-state index is 3.74. The van der Waals surface area contributed by atoms with Gasteiger partial charge < -0.3 is 0 Å². The lowest BCUT2D eigenvalue weighted by Crippen LogP contribution is -1.82. The van der Waals surface area contributed by atoms with Crippen molar-refractivity contribution in [1.82, 2.24) is 0 Å². The van der Waals surface area contributed by atoms with Gasteiger partial charge in [0.2, 0.25) is 0 Å². The van der Waals surface area contributed by atoms with Crippen LogP contribution in [0.5, 0.6) is 0 Å². The summed E-state index contributed by atoms with van der Waals surface area (Å²) >= 11 is 0. The molecular formula is C15H32. The second kappa shape index (κ2) is 23.2. The highest BCUT2D eigenvalue weighted by atomic mass is 14.0. The maximum atomic E-state index is 3.74. The van der Waals surface area contributed by atoms with Gasteiger partial charge in [0.15, 0.2) is 0 Å². The monoisotopic (exact) mass is 212 g/mol. The molecule has 0 atom stereocenters. The molecule has 0 heterocycles. The second-order valence-electron chi connectivity index (χ2n) is 2.17. The highest BCUT2D eigenvalue weighted by molar-refractivity contribution is 5.30. The number of hydrogen-bond donors (Lipinski definition) is 0. The fourth-order valence-electron chi connectivity index (χ4n) is 1.00. The van der Waals surface area contributed by atoms with Crippen LogP contribution >= 0.6 is 0 Å². The van der Waals surface area contributed by atoms with Crippen LogP contribution in [0.3, 0.4) is 0 Å². The minimum Gasteiger partial charge on any atom is -0.0988 e. The van der Waals surface area contributed by atoms with Crippen molar-refractivity contribution in [2.75, 3.05) is 0 Å². The van der Waals surface area contributed by atoms with E-state index < -0.39 is 0 Å². The van der Waals surface area contributed by atoms with Crippen LogP contribution in [-0.2, 0) is 0 Å². The van der Waals surface area contributed by atoms with Gasteiger partial charge in [0.25, 0.3) is 0 Å². The Morgan fingerprint density at radius 3 is 1.07 bits per heavy atom. The quantitative estimate of drug-likeness (QED) is 0.489. The fraction of sp³-hybridized carbons (Fsp3) is 0.600. The zero-order valence-electron chi connectivity index (χ0n) is 11.0. The van der Waals surface area contributed by atoms with Crippen molar-refractivity contribution in [2.24, 2.45) is 0 Å². The van der Waals surface area contributed by atoms with Crippen molar-refractivity contribution < 1.29 is 0 Å². The molecule has 0 amide bonds. The molecule has 0 nitrogen and oxygen atoms in total. The smallest absolute Gasteiger partial charge is 0.0305 e. The van der Waals surface area contributed by atoms with Crippen LogP contribution in [0.25, 0.3) is 0 Å². The van der Waals surface area contributed by atoms with Crippen LogP contribution in [0.4, 0.5) is 0 Å². The standard InChI is InChI=1S/C10H16.2C2H6.CH4/c1-5-9(6-2)10(7-3)8-4;2*1-2;/h5,7H,1,3,6,8H2,2,4H3;2*1-2H3;1H4/b10-9-;;;. The molecule has 92 valence electrons. The van der Waals surface area contributed by atoms with Crippen LogP contribution < -0.4 is 0 Å². The van der Waals surface area contributed by atoms with Gasteiger partial charge in [0.1, 0.15) is 0 Å². The average molecular weight is 212 g/mol. The van der Waals surface area contributed by atoms with Gasteiger partial charge in [-0.15, -0.1) is 0 Å². The van der Waals surface area contributed by atoms with Gasteiger partial charge in [-0.1, -0.05) is 74.3 Å². The first-order chi connectivity index (χ1) is 6.79. The Kier molecular flexibility index (Phi) is 36.8. The van der Waals surface area contributed by atoms with Crippen LogP contribution in [0.15, 0.2) is 36.5 Å². The van der Waals surface area contributed by atoms with Crippen LogP contribution in [0.2, 0.25) is 0 Å². The molecule has 0 aliphatic rings. The molecule has 0 radical (unpaired) electrons. The molecule has 0 saturated heterocycles. The molecular weight excluding hydrogens is 180 g/mol. The minimum absolute atomic E-state index is 0. The third kappa shape index (κ3) is 13.2. The summed E-state index contributed by atoms with van der Waals surface area (Å²) in [4.78, 5) is 0. The normalized spacial score (nSPS) is 8.93. The van der Waals surface area contributed by atoms with Crippen molar-refractivity contribution in [3.05, 3.63) is 36.5 Å². The van der Waals surface area contributed by atoms with E-state index in [9.17, 15) is 0 Å². The zero-order valence-corrected chi connectivity index (χ0v) is 11.0. The Morgan fingerprint density at radius 2 is 1.00 bits per heavy atom. The summed E-state index contributed by atoms with van der Waals surface area (Å²) in [5.41, 5.74) is 2.63. The second-order valence-corrected chi connectivity index (χ2v) is 2.17. The van der Waals surface area contributed by atoms with Crippen molar-refractivity contribution in [1.29, 1.82) is 0 Å². The average Bonchev–Trinajstić information content (AvgIpc) is 2.31.